The molecular weight excluding hydrogens is 913 g/mol. The first-order valence-corrected chi connectivity index (χ1v) is 23.0. The van der Waals surface area contributed by atoms with Gasteiger partial charge in [-0.1, -0.05) is 41.0 Å². The minimum absolute atomic E-state index is 0.000427. The van der Waals surface area contributed by atoms with E-state index in [1.165, 1.54) is 23.9 Å². The zero-order valence-corrected chi connectivity index (χ0v) is 40.7. The number of carbonyl (C=O) groups is 9. The topological polar surface area (TPSA) is 384 Å². The Morgan fingerprint density at radius 3 is 2.06 bits per heavy atom. The number of β-amino-alcohol motifs (C(OH)–C–C–N with tert-alkyl or cyclic N) is 1. The highest BCUT2D eigenvalue weighted by atomic mass is 32.2. The molecule has 3 rings (SSSR count). The molecule has 1 fully saturated rings. The molecule has 1 aromatic carbocycles. The fourth-order valence-corrected chi connectivity index (χ4v) is 7.49. The number of aromatic amines is 1. The average molecular weight is 985 g/mol. The molecule has 25 heteroatoms. The molecule has 7 amide bonds. The normalized spacial score (nSPS) is 17.2. The van der Waals surface area contributed by atoms with Crippen LogP contribution in [0.4, 0.5) is 0 Å². The minimum atomic E-state index is -1.33. The van der Waals surface area contributed by atoms with Gasteiger partial charge in [0.25, 0.3) is 0 Å². The number of benzene rings is 1. The largest absolute Gasteiger partial charge is 0.508 e. The summed E-state index contributed by atoms with van der Waals surface area (Å²) in [5, 5.41) is 66.9. The molecule has 2 heterocycles. The van der Waals surface area contributed by atoms with Crippen LogP contribution in [-0.2, 0) is 49.6 Å². The van der Waals surface area contributed by atoms with Gasteiger partial charge in [0.1, 0.15) is 30.9 Å². The maximum absolute atomic E-state index is 14.2. The lowest BCUT2D eigenvalue weighted by Crippen LogP contribution is -2.60. The second kappa shape index (κ2) is 32.9. The summed E-state index contributed by atoms with van der Waals surface area (Å²) in [6, 6.07) is -0.184. The van der Waals surface area contributed by atoms with Crippen molar-refractivity contribution in [2.45, 2.75) is 108 Å². The highest BCUT2D eigenvalue weighted by Crippen LogP contribution is 2.32. The predicted octanol–water partition coefficient (Wildman–Crippen LogP) is -3.52. The second-order valence-corrected chi connectivity index (χ2v) is 16.2. The molecule has 0 aliphatic carbocycles. The Hall–Kier alpha value is -5.70. The lowest BCUT2D eigenvalue weighted by atomic mass is 9.94. The molecule has 1 aliphatic heterocycles. The number of hydrogen-bond donors (Lipinski definition) is 14. The van der Waals surface area contributed by atoms with Crippen LogP contribution in [0.15, 0.2) is 23.2 Å². The Balaban J connectivity index is 0.00000718. The first kappa shape index (κ1) is 62.3. The maximum Gasteiger partial charge on any atom is 0.243 e. The second-order valence-electron chi connectivity index (χ2n) is 15.4. The molecule has 0 radical (unpaired) electrons. The van der Waals surface area contributed by atoms with Crippen molar-refractivity contribution in [1.29, 1.82) is 0 Å². The summed E-state index contributed by atoms with van der Waals surface area (Å²) in [6.07, 6.45) is -0.203. The summed E-state index contributed by atoms with van der Waals surface area (Å²) in [5.41, 5.74) is 6.23. The summed E-state index contributed by atoms with van der Waals surface area (Å²) in [5.74, 6) is -6.71. The van der Waals surface area contributed by atoms with Crippen LogP contribution in [0.5, 0.6) is 5.75 Å². The van der Waals surface area contributed by atoms with Crippen molar-refractivity contribution in [3.05, 3.63) is 23.8 Å². The van der Waals surface area contributed by atoms with Gasteiger partial charge in [-0.2, -0.15) is 0 Å². The number of hydrogen-bond acceptors (Lipinski definition) is 17. The van der Waals surface area contributed by atoms with E-state index in [1.54, 1.807) is 45.0 Å². The molecule has 1 aromatic heterocycles. The van der Waals surface area contributed by atoms with Gasteiger partial charge >= 0.3 is 0 Å². The number of rotatable bonds is 25. The number of aromatic hydroxyl groups is 1. The third kappa shape index (κ3) is 20.3. The zero-order valence-electron chi connectivity index (χ0n) is 39.9. The molecule has 1 saturated heterocycles. The number of nitrogens with one attached hydrogen (secondary N) is 8. The highest BCUT2D eigenvalue weighted by molar-refractivity contribution is 7.98. The Morgan fingerprint density at radius 2 is 1.51 bits per heavy atom. The summed E-state index contributed by atoms with van der Waals surface area (Å²) < 4.78 is 0. The summed E-state index contributed by atoms with van der Waals surface area (Å²) in [6.45, 7) is 8.88. The number of primary amides is 1. The number of carbonyl (C=O) groups excluding carboxylic acids is 9. The van der Waals surface area contributed by atoms with Gasteiger partial charge in [-0.05, 0) is 36.9 Å². The Kier molecular flexibility index (Phi) is 30.1. The monoisotopic (exact) mass is 984 g/mol. The van der Waals surface area contributed by atoms with E-state index in [9.17, 15) is 58.8 Å². The highest BCUT2D eigenvalue weighted by Gasteiger charge is 2.38. The van der Waals surface area contributed by atoms with Crippen molar-refractivity contribution in [2.24, 2.45) is 17.6 Å². The van der Waals surface area contributed by atoms with E-state index in [4.69, 9.17) is 15.6 Å². The van der Waals surface area contributed by atoms with Crippen molar-refractivity contribution in [3.8, 4) is 5.75 Å². The van der Waals surface area contributed by atoms with Gasteiger partial charge in [0.05, 0.1) is 73.7 Å². The predicted molar refractivity (Wildman–Crippen MR) is 252 cm³/mol. The first-order valence-electron chi connectivity index (χ1n) is 21.8. The summed E-state index contributed by atoms with van der Waals surface area (Å²) >= 11 is 1.33. The number of likely N-dealkylation sites (tertiary alicyclic amines) is 1. The van der Waals surface area contributed by atoms with Crippen molar-refractivity contribution in [3.63, 3.8) is 0 Å². The maximum atomic E-state index is 14.2. The molecule has 24 nitrogen and oxygen atoms in total. The van der Waals surface area contributed by atoms with Crippen molar-refractivity contribution in [2.75, 3.05) is 53.2 Å². The Bertz CT molecular complexity index is 1940. The van der Waals surface area contributed by atoms with Gasteiger partial charge < -0.3 is 77.7 Å². The number of thioether (sulfide) groups is 1. The van der Waals surface area contributed by atoms with E-state index in [0.29, 0.717) is 40.7 Å². The minimum Gasteiger partial charge on any atom is -0.508 e. The molecule has 9 atom stereocenters. The van der Waals surface area contributed by atoms with Crippen LogP contribution in [0.2, 0.25) is 0 Å². The van der Waals surface area contributed by atoms with Crippen LogP contribution >= 0.6 is 11.8 Å². The average Bonchev–Trinajstić information content (AvgIpc) is 3.85. The number of H-pyrrole nitrogens is 1. The van der Waals surface area contributed by atoms with E-state index in [-0.39, 0.29) is 18.6 Å². The number of phenolic OH excluding ortho intramolecular Hbond substituents is 1. The number of nitrogens with zero attached hydrogens (tertiary/aromatic N) is 1. The number of amides is 7. The number of likely N-dealkylation sites (N-methyl/N-ethyl adjacent to an activating group) is 1. The third-order valence-corrected chi connectivity index (χ3v) is 11.4. The number of aldehydes is 1. The molecule has 0 saturated carbocycles. The molecule has 384 valence electrons. The quantitative estimate of drug-likeness (QED) is 0.0339. The smallest absolute Gasteiger partial charge is 0.243 e. The summed E-state index contributed by atoms with van der Waals surface area (Å²) in [4.78, 5) is 114. The van der Waals surface area contributed by atoms with Gasteiger partial charge in [-0.25, -0.2) is 0 Å². The van der Waals surface area contributed by atoms with E-state index >= 15 is 0 Å². The van der Waals surface area contributed by atoms with Crippen LogP contribution in [0.1, 0.15) is 59.4 Å². The molecule has 2 aromatic rings. The number of aliphatic hydroxyl groups excluding tert-OH is 4. The van der Waals surface area contributed by atoms with Crippen LogP contribution in [0, 0.1) is 11.8 Å². The van der Waals surface area contributed by atoms with Crippen LogP contribution in [0.25, 0.3) is 10.9 Å². The van der Waals surface area contributed by atoms with Crippen LogP contribution < -0.4 is 43.0 Å². The molecule has 15 N–H and O–H groups in total. The van der Waals surface area contributed by atoms with Crippen molar-refractivity contribution >= 4 is 77.1 Å². The van der Waals surface area contributed by atoms with Crippen molar-refractivity contribution in [1.82, 2.24) is 47.1 Å². The fourth-order valence-electron chi connectivity index (χ4n) is 6.84. The number of fused-ring (bicyclic) bond motifs is 1. The molecule has 0 bridgehead atoms. The molecule has 68 heavy (non-hydrogen) atoms. The van der Waals surface area contributed by atoms with Gasteiger partial charge in [0.2, 0.25) is 41.4 Å². The van der Waals surface area contributed by atoms with E-state index in [0.717, 1.165) is 7.11 Å². The number of nitrogens with two attached hydrogens (primary N) is 1. The summed E-state index contributed by atoms with van der Waals surface area (Å²) in [7, 11) is 2.75. The third-order valence-electron chi connectivity index (χ3n) is 10.6. The van der Waals surface area contributed by atoms with Crippen LogP contribution in [-0.4, -0.2) is 186 Å². The lowest BCUT2D eigenvalue weighted by molar-refractivity contribution is -0.133. The Labute approximate surface area is 400 Å². The fraction of sp³-hybridized carbons (Fsp3) is 0.605. The van der Waals surface area contributed by atoms with E-state index in [1.807, 2.05) is 20.6 Å². The van der Waals surface area contributed by atoms with Gasteiger partial charge in [-0.3, -0.25) is 43.8 Å². The van der Waals surface area contributed by atoms with E-state index in [2.05, 4.69) is 42.2 Å². The molecule has 1 aliphatic rings. The Morgan fingerprint density at radius 1 is 0.926 bits per heavy atom. The standard InChI is InChI=1S/C39H60N10O12S.C2H6.CH4O.CH2O/c1-6-19(2)34(37(60)43-13-31(56)41-14-32(57)44-21(17-50)9-29(40)55)48-33(58)15-42-36(59)27(12-25-24-8-7-22(52)10-26(24)46-39(25)62-5)45-38(61)35(20(3)28(54)18-51)47-30-11-23(53)16-49(30)4;3*1-2/h7-8,10,17,19-21,23,27-28,30,34-35,46-47,51-54H,6,9,11-16,18H2,1-5H3,(H2,40,55)(H,41,56)(H,42,59)(H,43,60)(H,44,57)(H,45,61)(H,48,58);1-2H3;2H,1H3;1H2/t19?,20-,21?,23+,27?,28?,30?,34?,35?;;;/m0.../s1. The van der Waals surface area contributed by atoms with Gasteiger partial charge in [0.15, 0.2) is 0 Å². The SMILES string of the molecule is C=O.CC.CCC(C)C(NC(=O)CNC(=O)C(Cc1c(SC)[nH]c2cc(O)ccc12)NC(=O)C(NC1C[C@@H](O)CN1C)[C@@H](C)C(O)CO)C(=O)NCC(=O)NCC(=O)NC(C=O)CC(N)=O.CO. The first-order chi connectivity index (χ1) is 32.3. The number of aromatic nitrogens is 1. The van der Waals surface area contributed by atoms with E-state index < -0.39 is 128 Å². The lowest BCUT2D eigenvalue weighted by Gasteiger charge is -2.33. The van der Waals surface area contributed by atoms with Crippen molar-refractivity contribution < 1.29 is 68.7 Å². The van der Waals surface area contributed by atoms with Crippen LogP contribution in [0.3, 0.4) is 0 Å². The van der Waals surface area contributed by atoms with Gasteiger partial charge in [0, 0.05) is 43.9 Å². The molecule has 7 unspecified atom stereocenters. The number of aliphatic hydroxyl groups is 4. The molecule has 0 spiro atoms. The number of phenols is 1. The van der Waals surface area contributed by atoms with Gasteiger partial charge in [-0.15, -0.1) is 11.8 Å². The zero-order chi connectivity index (χ0) is 52.3. The molecular formula is C43H72N10O14S.